The molecule has 0 rings (SSSR count). The standard InChI is InChI=1S/C12H23NO6P2/c1-13(17-2)12(15)10(6-4-5-9-18-21-16)7-8-11(14)19-20-3/h10,20H,4-9H2,1-3H3. The van der Waals surface area contributed by atoms with Gasteiger partial charge in [-0.15, -0.1) is 0 Å². The van der Waals surface area contributed by atoms with Gasteiger partial charge in [-0.05, 0) is 25.9 Å². The minimum atomic E-state index is -0.332. The van der Waals surface area contributed by atoms with Crippen molar-refractivity contribution in [3.05, 3.63) is 0 Å². The maximum atomic E-state index is 12.1. The number of hydrogen-bond acceptors (Lipinski definition) is 6. The van der Waals surface area contributed by atoms with Gasteiger partial charge in [0.05, 0.1) is 22.5 Å². The largest absolute Gasteiger partial charge is 0.449 e. The molecule has 21 heavy (non-hydrogen) atoms. The third kappa shape index (κ3) is 9.86. The molecule has 7 nitrogen and oxygen atoms in total. The summed E-state index contributed by atoms with van der Waals surface area (Å²) in [5.41, 5.74) is 0. The average Bonchev–Trinajstić information content (AvgIpc) is 2.48. The highest BCUT2D eigenvalue weighted by atomic mass is 31.1. The summed E-state index contributed by atoms with van der Waals surface area (Å²) < 4.78 is 19.7. The van der Waals surface area contributed by atoms with Crippen molar-refractivity contribution in [1.29, 1.82) is 0 Å². The van der Waals surface area contributed by atoms with Crippen molar-refractivity contribution < 1.29 is 28.0 Å². The molecule has 0 saturated heterocycles. The van der Waals surface area contributed by atoms with Gasteiger partial charge in [0.15, 0.2) is 0 Å². The quantitative estimate of drug-likeness (QED) is 0.309. The fraction of sp³-hybridized carbons (Fsp3) is 0.833. The average molecular weight is 339 g/mol. The van der Waals surface area contributed by atoms with Crippen LogP contribution in [-0.2, 0) is 28.0 Å². The van der Waals surface area contributed by atoms with Gasteiger partial charge in [-0.1, -0.05) is 6.42 Å². The number of carbonyl (C=O) groups is 2. The van der Waals surface area contributed by atoms with Crippen LogP contribution < -0.4 is 0 Å². The van der Waals surface area contributed by atoms with Gasteiger partial charge in [0.1, 0.15) is 0 Å². The van der Waals surface area contributed by atoms with Crippen LogP contribution in [0.5, 0.6) is 0 Å². The molecule has 0 bridgehead atoms. The summed E-state index contributed by atoms with van der Waals surface area (Å²) in [5.74, 6) is -0.748. The number of rotatable bonds is 12. The van der Waals surface area contributed by atoms with Crippen LogP contribution >= 0.6 is 17.5 Å². The Labute approximate surface area is 128 Å². The van der Waals surface area contributed by atoms with E-state index >= 15 is 0 Å². The van der Waals surface area contributed by atoms with Gasteiger partial charge in [-0.2, -0.15) is 0 Å². The van der Waals surface area contributed by atoms with Gasteiger partial charge in [-0.25, -0.2) is 9.63 Å². The monoisotopic (exact) mass is 339 g/mol. The molecule has 9 heteroatoms. The van der Waals surface area contributed by atoms with Crippen molar-refractivity contribution in [2.24, 2.45) is 5.92 Å². The Morgan fingerprint density at radius 3 is 2.57 bits per heavy atom. The highest BCUT2D eigenvalue weighted by Crippen LogP contribution is 2.19. The van der Waals surface area contributed by atoms with E-state index in [0.29, 0.717) is 25.9 Å². The molecule has 0 aromatic heterocycles. The molecular formula is C12H23NO6P2. The topological polar surface area (TPSA) is 82.1 Å². The zero-order chi connectivity index (χ0) is 16.1. The number of hydroxylamine groups is 2. The highest BCUT2D eigenvalue weighted by Gasteiger charge is 2.23. The van der Waals surface area contributed by atoms with E-state index in [-0.39, 0.29) is 41.7 Å². The summed E-state index contributed by atoms with van der Waals surface area (Å²) >= 11 is 0. The van der Waals surface area contributed by atoms with Gasteiger partial charge in [-0.3, -0.25) is 19.0 Å². The normalized spacial score (nSPS) is 12.7. The molecule has 2 unspecified atom stereocenters. The fourth-order valence-electron chi connectivity index (χ4n) is 1.79. The second-order valence-electron chi connectivity index (χ2n) is 4.34. The lowest BCUT2D eigenvalue weighted by Crippen LogP contribution is -2.32. The highest BCUT2D eigenvalue weighted by molar-refractivity contribution is 7.31. The predicted molar refractivity (Wildman–Crippen MR) is 80.2 cm³/mol. The number of carbonyl (C=O) groups excluding carboxylic acids is 2. The van der Waals surface area contributed by atoms with Crippen molar-refractivity contribution in [2.75, 3.05) is 27.4 Å². The molecule has 0 radical (unpaired) electrons. The van der Waals surface area contributed by atoms with E-state index < -0.39 is 0 Å². The Bertz CT molecular complexity index is 329. The molecule has 0 aromatic carbocycles. The molecule has 0 spiro atoms. The Kier molecular flexibility index (Phi) is 12.7. The molecule has 2 atom stereocenters. The summed E-state index contributed by atoms with van der Waals surface area (Å²) in [6.07, 6.45) is 2.71. The zero-order valence-corrected chi connectivity index (χ0v) is 14.6. The molecule has 0 fully saturated rings. The third-order valence-corrected chi connectivity index (χ3v) is 3.66. The Morgan fingerprint density at radius 2 is 2.00 bits per heavy atom. The lowest BCUT2D eigenvalue weighted by atomic mass is 9.95. The van der Waals surface area contributed by atoms with E-state index in [9.17, 15) is 14.2 Å². The molecule has 0 N–H and O–H groups in total. The lowest BCUT2D eigenvalue weighted by Gasteiger charge is -2.21. The van der Waals surface area contributed by atoms with Gasteiger partial charge in [0, 0.05) is 19.4 Å². The summed E-state index contributed by atoms with van der Waals surface area (Å²) in [6.45, 7) is 2.15. The van der Waals surface area contributed by atoms with Gasteiger partial charge < -0.3 is 4.52 Å². The molecule has 0 aliphatic rings. The maximum absolute atomic E-state index is 12.1. The van der Waals surface area contributed by atoms with Gasteiger partial charge >= 0.3 is 14.7 Å². The minimum Gasteiger partial charge on any atom is -0.449 e. The van der Waals surface area contributed by atoms with Crippen LogP contribution in [-0.4, -0.2) is 44.4 Å². The fourth-order valence-corrected chi connectivity index (χ4v) is 2.32. The van der Waals surface area contributed by atoms with Crippen molar-refractivity contribution in [1.82, 2.24) is 5.06 Å². The van der Waals surface area contributed by atoms with Crippen LogP contribution in [0.3, 0.4) is 0 Å². The zero-order valence-electron chi connectivity index (χ0n) is 12.7. The van der Waals surface area contributed by atoms with Crippen molar-refractivity contribution in [2.45, 2.75) is 32.1 Å². The summed E-state index contributed by atoms with van der Waals surface area (Å²) in [5, 5.41) is 1.17. The second kappa shape index (κ2) is 13.1. The summed E-state index contributed by atoms with van der Waals surface area (Å²) in [7, 11) is 2.74. The molecule has 1 amide bonds. The van der Waals surface area contributed by atoms with Crippen LogP contribution in [0, 0.1) is 5.92 Å². The summed E-state index contributed by atoms with van der Waals surface area (Å²) in [4.78, 5) is 28.4. The first kappa shape index (κ1) is 20.4. The summed E-state index contributed by atoms with van der Waals surface area (Å²) in [6, 6.07) is 0. The SMILES string of the molecule is CON(C)C(=O)C(CCCCOP=O)CCC(=O)OPC. The van der Waals surface area contributed by atoms with Crippen LogP contribution in [0.15, 0.2) is 0 Å². The van der Waals surface area contributed by atoms with Gasteiger partial charge in [0.2, 0.25) is 5.91 Å². The molecule has 0 aromatic rings. The number of hydrogen-bond donors (Lipinski definition) is 0. The first-order valence-electron chi connectivity index (χ1n) is 6.69. The van der Waals surface area contributed by atoms with Crippen LogP contribution in [0.2, 0.25) is 0 Å². The Hall–Kier alpha value is -0.610. The molecule has 0 aliphatic heterocycles. The van der Waals surface area contributed by atoms with Gasteiger partial charge in [0.25, 0.3) is 0 Å². The molecule has 122 valence electrons. The van der Waals surface area contributed by atoms with E-state index in [1.807, 2.05) is 0 Å². The second-order valence-corrected chi connectivity index (χ2v) is 5.36. The van der Waals surface area contributed by atoms with Crippen molar-refractivity contribution in [3.63, 3.8) is 0 Å². The van der Waals surface area contributed by atoms with E-state index in [2.05, 4.69) is 0 Å². The first-order valence-corrected chi connectivity index (χ1v) is 8.83. The molecule has 0 aliphatic carbocycles. The van der Waals surface area contributed by atoms with E-state index in [1.54, 1.807) is 13.7 Å². The predicted octanol–water partition coefficient (Wildman–Crippen LogP) is 2.56. The smallest absolute Gasteiger partial charge is 0.327 e. The van der Waals surface area contributed by atoms with Crippen molar-refractivity contribution >= 4 is 29.4 Å². The number of amides is 1. The molecule has 0 heterocycles. The Morgan fingerprint density at radius 1 is 1.29 bits per heavy atom. The molecule has 0 saturated carbocycles. The number of nitrogens with zero attached hydrogens (tertiary/aromatic N) is 1. The maximum Gasteiger partial charge on any atom is 0.327 e. The molecular weight excluding hydrogens is 316 g/mol. The van der Waals surface area contributed by atoms with E-state index in [0.717, 1.165) is 6.42 Å². The van der Waals surface area contributed by atoms with Crippen molar-refractivity contribution in [3.8, 4) is 0 Å². The minimum absolute atomic E-state index is 0.116. The van der Waals surface area contributed by atoms with E-state index in [1.165, 1.54) is 12.2 Å². The lowest BCUT2D eigenvalue weighted by molar-refractivity contribution is -0.174. The number of unbranched alkanes of at least 4 members (excludes halogenated alkanes) is 1. The Balaban J connectivity index is 4.30. The van der Waals surface area contributed by atoms with Crippen LogP contribution in [0.4, 0.5) is 0 Å². The third-order valence-electron chi connectivity index (χ3n) is 2.94. The van der Waals surface area contributed by atoms with E-state index in [4.69, 9.17) is 13.9 Å². The first-order chi connectivity index (χ1) is 10.1. The van der Waals surface area contributed by atoms with Crippen LogP contribution in [0.25, 0.3) is 0 Å². The van der Waals surface area contributed by atoms with Crippen LogP contribution in [0.1, 0.15) is 32.1 Å².